The Morgan fingerprint density at radius 3 is 2.61 bits per heavy atom. The van der Waals surface area contributed by atoms with Gasteiger partial charge in [0.05, 0.1) is 12.2 Å². The summed E-state index contributed by atoms with van der Waals surface area (Å²) in [5.41, 5.74) is 1.09. The molecule has 1 aliphatic rings. The number of alkyl halides is 3. The summed E-state index contributed by atoms with van der Waals surface area (Å²) >= 11 is 0. The number of hydrogen-bond donors (Lipinski definition) is 0. The molecule has 2 atom stereocenters. The lowest BCUT2D eigenvalue weighted by Crippen LogP contribution is -2.08. The minimum atomic E-state index is -4.48. The molecule has 5 nitrogen and oxygen atoms in total. The van der Waals surface area contributed by atoms with E-state index in [0.717, 1.165) is 24.4 Å². The highest BCUT2D eigenvalue weighted by Crippen LogP contribution is 2.46. The molecule has 0 spiro atoms. The van der Waals surface area contributed by atoms with Gasteiger partial charge < -0.3 is 4.74 Å². The summed E-state index contributed by atoms with van der Waals surface area (Å²) in [5, 5.41) is 0. The third kappa shape index (κ3) is 3.95. The van der Waals surface area contributed by atoms with Gasteiger partial charge in [-0.15, -0.1) is 0 Å². The predicted molar refractivity (Wildman–Crippen MR) is 95.6 cm³/mol. The molecule has 1 fully saturated rings. The Hall–Kier alpha value is -3.03. The third-order valence-corrected chi connectivity index (χ3v) is 4.66. The quantitative estimate of drug-likeness (QED) is 0.649. The fraction of sp³-hybridized carbons (Fsp3) is 0.300. The number of rotatable bonds is 5. The molecule has 8 heteroatoms. The van der Waals surface area contributed by atoms with Gasteiger partial charge in [-0.2, -0.15) is 18.2 Å². The van der Waals surface area contributed by atoms with Crippen LogP contribution in [0.2, 0.25) is 0 Å². The molecule has 0 aromatic carbocycles. The largest absolute Gasteiger partial charge is 0.477 e. The molecular formula is C20H17F3N4O. The number of hydrogen-bond acceptors (Lipinski definition) is 5. The van der Waals surface area contributed by atoms with Gasteiger partial charge >= 0.3 is 6.18 Å². The van der Waals surface area contributed by atoms with Gasteiger partial charge in [-0.3, -0.25) is 9.97 Å². The van der Waals surface area contributed by atoms with E-state index in [9.17, 15) is 13.2 Å². The molecule has 28 heavy (non-hydrogen) atoms. The number of aromatic nitrogens is 4. The van der Waals surface area contributed by atoms with E-state index in [0.29, 0.717) is 41.3 Å². The van der Waals surface area contributed by atoms with Crippen LogP contribution in [0.25, 0.3) is 11.1 Å². The van der Waals surface area contributed by atoms with Crippen LogP contribution in [0.15, 0.2) is 48.9 Å². The first-order chi connectivity index (χ1) is 13.4. The predicted octanol–water partition coefficient (Wildman–Crippen LogP) is 4.44. The minimum absolute atomic E-state index is 0.337. The van der Waals surface area contributed by atoms with Gasteiger partial charge in [-0.1, -0.05) is 12.1 Å². The van der Waals surface area contributed by atoms with Gasteiger partial charge in [-0.25, -0.2) is 4.98 Å². The second kappa shape index (κ2) is 7.18. The highest BCUT2D eigenvalue weighted by molar-refractivity contribution is 5.66. The van der Waals surface area contributed by atoms with Crippen LogP contribution >= 0.6 is 0 Å². The Labute approximate surface area is 159 Å². The minimum Gasteiger partial charge on any atom is -0.477 e. The van der Waals surface area contributed by atoms with Crippen LogP contribution in [-0.2, 0) is 6.18 Å². The molecule has 1 aliphatic carbocycles. The van der Waals surface area contributed by atoms with Crippen LogP contribution in [0.4, 0.5) is 13.2 Å². The molecule has 144 valence electrons. The van der Waals surface area contributed by atoms with Crippen LogP contribution in [0.5, 0.6) is 5.88 Å². The topological polar surface area (TPSA) is 60.8 Å². The van der Waals surface area contributed by atoms with E-state index < -0.39 is 11.9 Å². The standard InChI is InChI=1S/C20H17F3N4O/c1-12-25-10-16(13-5-6-18(26-9-13)20(21,22)23)19(27-12)28-11-14-8-15(14)17-4-2-3-7-24-17/h2-7,9-10,14-15H,8,11H2,1H3. The summed E-state index contributed by atoms with van der Waals surface area (Å²) in [5.74, 6) is 1.57. The first-order valence-corrected chi connectivity index (χ1v) is 8.83. The van der Waals surface area contributed by atoms with Crippen molar-refractivity contribution >= 4 is 0 Å². The summed E-state index contributed by atoms with van der Waals surface area (Å²) in [6.45, 7) is 2.19. The van der Waals surface area contributed by atoms with Crippen molar-refractivity contribution in [3.8, 4) is 17.0 Å². The van der Waals surface area contributed by atoms with Gasteiger partial charge in [-0.05, 0) is 31.5 Å². The number of halogens is 3. The summed E-state index contributed by atoms with van der Waals surface area (Å²) < 4.78 is 44.1. The van der Waals surface area contributed by atoms with Gasteiger partial charge in [0.25, 0.3) is 0 Å². The summed E-state index contributed by atoms with van der Waals surface area (Å²) in [4.78, 5) is 16.3. The molecular weight excluding hydrogens is 369 g/mol. The number of ether oxygens (including phenoxy) is 1. The lowest BCUT2D eigenvalue weighted by molar-refractivity contribution is -0.141. The Kier molecular flexibility index (Phi) is 4.70. The van der Waals surface area contributed by atoms with E-state index in [-0.39, 0.29) is 0 Å². The summed E-state index contributed by atoms with van der Waals surface area (Å²) in [6, 6.07) is 8.13. The van der Waals surface area contributed by atoms with Crippen LogP contribution in [0, 0.1) is 12.8 Å². The first-order valence-electron chi connectivity index (χ1n) is 8.83. The van der Waals surface area contributed by atoms with Crippen molar-refractivity contribution in [1.82, 2.24) is 19.9 Å². The zero-order chi connectivity index (χ0) is 19.7. The van der Waals surface area contributed by atoms with Crippen molar-refractivity contribution in [2.75, 3.05) is 6.61 Å². The molecule has 4 rings (SSSR count). The van der Waals surface area contributed by atoms with Crippen molar-refractivity contribution in [3.05, 3.63) is 66.1 Å². The molecule has 2 unspecified atom stereocenters. The zero-order valence-electron chi connectivity index (χ0n) is 15.0. The van der Waals surface area contributed by atoms with E-state index >= 15 is 0 Å². The molecule has 0 aliphatic heterocycles. The van der Waals surface area contributed by atoms with Gasteiger partial charge in [0.15, 0.2) is 0 Å². The number of aryl methyl sites for hydroxylation is 1. The van der Waals surface area contributed by atoms with Crippen molar-refractivity contribution in [2.45, 2.75) is 25.4 Å². The smallest absolute Gasteiger partial charge is 0.433 e. The molecule has 0 saturated heterocycles. The normalized spacial score (nSPS) is 18.7. The summed E-state index contributed by atoms with van der Waals surface area (Å²) in [7, 11) is 0. The Morgan fingerprint density at radius 2 is 1.93 bits per heavy atom. The lowest BCUT2D eigenvalue weighted by atomic mass is 10.1. The average Bonchev–Trinajstić information content (AvgIpc) is 3.46. The van der Waals surface area contributed by atoms with Crippen molar-refractivity contribution < 1.29 is 17.9 Å². The van der Waals surface area contributed by atoms with E-state index in [1.807, 2.05) is 18.2 Å². The van der Waals surface area contributed by atoms with E-state index in [2.05, 4.69) is 19.9 Å². The fourth-order valence-electron chi connectivity index (χ4n) is 3.05. The van der Waals surface area contributed by atoms with E-state index in [4.69, 9.17) is 4.74 Å². The molecule has 0 bridgehead atoms. The maximum atomic E-state index is 12.7. The van der Waals surface area contributed by atoms with Crippen LogP contribution in [0.3, 0.4) is 0 Å². The Balaban J connectivity index is 1.50. The molecule has 0 radical (unpaired) electrons. The number of nitrogens with zero attached hydrogens (tertiary/aromatic N) is 4. The van der Waals surface area contributed by atoms with Gasteiger partial charge in [0, 0.05) is 41.7 Å². The highest BCUT2D eigenvalue weighted by Gasteiger charge is 2.40. The summed E-state index contributed by atoms with van der Waals surface area (Å²) in [6.07, 6.45) is 0.990. The monoisotopic (exact) mass is 386 g/mol. The second-order valence-corrected chi connectivity index (χ2v) is 6.73. The molecule has 3 aromatic rings. The lowest BCUT2D eigenvalue weighted by Gasteiger charge is -2.12. The van der Waals surface area contributed by atoms with Gasteiger partial charge in [0.1, 0.15) is 11.5 Å². The molecule has 0 N–H and O–H groups in total. The van der Waals surface area contributed by atoms with E-state index in [1.54, 1.807) is 19.3 Å². The highest BCUT2D eigenvalue weighted by atomic mass is 19.4. The van der Waals surface area contributed by atoms with Crippen LogP contribution in [0.1, 0.15) is 29.6 Å². The van der Waals surface area contributed by atoms with Crippen molar-refractivity contribution in [2.24, 2.45) is 5.92 Å². The number of pyridine rings is 2. The molecule has 3 aromatic heterocycles. The molecule has 1 saturated carbocycles. The first kappa shape index (κ1) is 18.3. The third-order valence-electron chi connectivity index (χ3n) is 4.66. The fourth-order valence-corrected chi connectivity index (χ4v) is 3.05. The Morgan fingerprint density at radius 1 is 1.07 bits per heavy atom. The zero-order valence-corrected chi connectivity index (χ0v) is 15.0. The second-order valence-electron chi connectivity index (χ2n) is 6.73. The maximum absolute atomic E-state index is 12.7. The van der Waals surface area contributed by atoms with E-state index in [1.165, 1.54) is 6.07 Å². The van der Waals surface area contributed by atoms with Crippen molar-refractivity contribution in [3.63, 3.8) is 0 Å². The maximum Gasteiger partial charge on any atom is 0.433 e. The Bertz CT molecular complexity index is 961. The SMILES string of the molecule is Cc1ncc(-c2ccc(C(F)(F)F)nc2)c(OCC2CC2c2ccccn2)n1. The van der Waals surface area contributed by atoms with Gasteiger partial charge in [0.2, 0.25) is 5.88 Å². The molecule has 3 heterocycles. The average molecular weight is 386 g/mol. The molecule has 0 amide bonds. The van der Waals surface area contributed by atoms with Crippen LogP contribution < -0.4 is 4.74 Å². The van der Waals surface area contributed by atoms with Crippen molar-refractivity contribution in [1.29, 1.82) is 0 Å². The van der Waals surface area contributed by atoms with Crippen LogP contribution in [-0.4, -0.2) is 26.5 Å².